The van der Waals surface area contributed by atoms with Gasteiger partial charge in [0.15, 0.2) is 11.5 Å². The lowest BCUT2D eigenvalue weighted by Gasteiger charge is -2.19. The smallest absolute Gasteiger partial charge is 0.508 e. The maximum atomic E-state index is 13.7. The zero-order valence-electron chi connectivity index (χ0n) is 21.5. The lowest BCUT2D eigenvalue weighted by Crippen LogP contribution is -2.26. The number of allylic oxidation sites excluding steroid dienone is 1. The van der Waals surface area contributed by atoms with E-state index < -0.39 is 6.29 Å². The number of ether oxygens (including phenoxy) is 3. The highest BCUT2D eigenvalue weighted by Gasteiger charge is 2.43. The summed E-state index contributed by atoms with van der Waals surface area (Å²) in [5, 5.41) is 10.2. The first-order valence-corrected chi connectivity index (χ1v) is 13.4. The van der Waals surface area contributed by atoms with Crippen LogP contribution in [0.1, 0.15) is 55.4 Å². The molecule has 3 aromatic carbocycles. The van der Waals surface area contributed by atoms with Crippen molar-refractivity contribution in [2.24, 2.45) is 0 Å². The fourth-order valence-corrected chi connectivity index (χ4v) is 5.80. The predicted molar refractivity (Wildman–Crippen MR) is 149 cm³/mol. The highest BCUT2D eigenvalue weighted by atomic mass is 19.3. The van der Waals surface area contributed by atoms with E-state index in [9.17, 15) is 18.3 Å². The number of aryl methyl sites for hydroxylation is 1. The van der Waals surface area contributed by atoms with Gasteiger partial charge >= 0.3 is 6.29 Å². The highest BCUT2D eigenvalue weighted by molar-refractivity contribution is 6.00. The molecule has 3 aromatic rings. The van der Waals surface area contributed by atoms with Crippen molar-refractivity contribution in [1.82, 2.24) is 4.90 Å². The molecule has 3 aliphatic rings. The van der Waals surface area contributed by atoms with Crippen molar-refractivity contribution in [2.45, 2.75) is 51.9 Å². The molecule has 6 rings (SSSR count). The molecule has 8 heteroatoms. The molecule has 1 fully saturated rings. The molecule has 2 aliphatic heterocycles. The van der Waals surface area contributed by atoms with Gasteiger partial charge in [-0.2, -0.15) is 0 Å². The van der Waals surface area contributed by atoms with Crippen LogP contribution in [0.25, 0.3) is 11.1 Å². The summed E-state index contributed by atoms with van der Waals surface area (Å²) in [7, 11) is 0. The van der Waals surface area contributed by atoms with Crippen LogP contribution in [-0.2, 0) is 6.42 Å². The summed E-state index contributed by atoms with van der Waals surface area (Å²) in [6.07, 6.45) is 0.176. The van der Waals surface area contributed by atoms with E-state index in [1.54, 1.807) is 24.3 Å². The molecule has 0 aromatic heterocycles. The van der Waals surface area contributed by atoms with Crippen molar-refractivity contribution >= 4 is 11.1 Å². The average Bonchev–Trinajstić information content (AvgIpc) is 3.43. The topological polar surface area (TPSA) is 51.2 Å². The number of phenols is 1. The van der Waals surface area contributed by atoms with Crippen molar-refractivity contribution in [2.75, 3.05) is 26.3 Å². The maximum Gasteiger partial charge on any atom is 0.586 e. The average molecular weight is 554 g/mol. The molecule has 0 saturated carbocycles. The van der Waals surface area contributed by atoms with Gasteiger partial charge < -0.3 is 19.3 Å². The van der Waals surface area contributed by atoms with Gasteiger partial charge in [-0.25, -0.2) is 0 Å². The summed E-state index contributed by atoms with van der Waals surface area (Å²) in [5.41, 5.74) is 5.77. The van der Waals surface area contributed by atoms with Crippen molar-refractivity contribution < 1.29 is 32.5 Å². The molecule has 212 valence electrons. The van der Waals surface area contributed by atoms with E-state index in [1.807, 2.05) is 30.3 Å². The Balaban J connectivity index is 0.00000323. The predicted octanol–water partition coefficient (Wildman–Crippen LogP) is 7.46. The monoisotopic (exact) mass is 553 g/mol. The minimum absolute atomic E-state index is 0. The number of benzene rings is 3. The van der Waals surface area contributed by atoms with E-state index in [0.717, 1.165) is 84.5 Å². The molecule has 1 atom stereocenters. The number of fused-ring (bicyclic) bond motifs is 2. The van der Waals surface area contributed by atoms with Gasteiger partial charge in [0.05, 0.1) is 6.67 Å². The molecule has 0 amide bonds. The lowest BCUT2D eigenvalue weighted by molar-refractivity contribution is -0.286. The summed E-state index contributed by atoms with van der Waals surface area (Å²) in [5.74, 6) is 1.01. The van der Waals surface area contributed by atoms with Crippen molar-refractivity contribution in [3.8, 4) is 23.0 Å². The van der Waals surface area contributed by atoms with Crippen LogP contribution in [0.5, 0.6) is 23.0 Å². The molecule has 40 heavy (non-hydrogen) atoms. The fourth-order valence-electron chi connectivity index (χ4n) is 5.80. The van der Waals surface area contributed by atoms with Gasteiger partial charge in [0.2, 0.25) is 0 Å². The second-order valence-electron chi connectivity index (χ2n) is 10.3. The third-order valence-electron chi connectivity index (χ3n) is 7.57. The molecular formula is C32H34F3NO4. The van der Waals surface area contributed by atoms with Crippen molar-refractivity contribution in [3.63, 3.8) is 0 Å². The van der Waals surface area contributed by atoms with Gasteiger partial charge in [-0.3, -0.25) is 9.29 Å². The number of rotatable bonds is 7. The quantitative estimate of drug-likeness (QED) is 0.329. The largest absolute Gasteiger partial charge is 0.586 e. The minimum atomic E-state index is -3.68. The second-order valence-corrected chi connectivity index (χ2v) is 10.3. The number of hydrogen-bond acceptors (Lipinski definition) is 5. The first-order valence-electron chi connectivity index (χ1n) is 13.4. The Kier molecular flexibility index (Phi) is 7.99. The number of aromatic hydroxyl groups is 1. The number of phenolic OH excluding ortho intramolecular Hbond substituents is 1. The standard InChI is InChI=1S/C31H30F3NO4.CH4/c32-14-2-15-35-16-13-25(19-35)37-24-9-5-20(6-10-24)30-26(4-1-3-21-17-23(36)8-11-27(21)30)22-7-12-28-29(18-22)39-31(33,34)38-28;/h5-12,17-18,25,36H,1-4,13-16,19H2;1H4/t25-;/m0./s1. The Morgan fingerprint density at radius 3 is 2.52 bits per heavy atom. The van der Waals surface area contributed by atoms with Crippen LogP contribution < -0.4 is 14.2 Å². The summed E-state index contributed by atoms with van der Waals surface area (Å²) < 4.78 is 55.5. The van der Waals surface area contributed by atoms with Crippen LogP contribution in [0, 0.1) is 0 Å². The number of likely N-dealkylation sites (tertiary alicyclic amines) is 1. The van der Waals surface area contributed by atoms with Crippen LogP contribution in [-0.4, -0.2) is 48.7 Å². The van der Waals surface area contributed by atoms with Gasteiger partial charge in [-0.05, 0) is 102 Å². The Morgan fingerprint density at radius 1 is 0.950 bits per heavy atom. The van der Waals surface area contributed by atoms with E-state index in [4.69, 9.17) is 9.47 Å². The normalized spacial score (nSPS) is 19.6. The van der Waals surface area contributed by atoms with Crippen LogP contribution in [0.2, 0.25) is 0 Å². The van der Waals surface area contributed by atoms with Crippen LogP contribution in [0.3, 0.4) is 0 Å². The van der Waals surface area contributed by atoms with E-state index in [2.05, 4.69) is 9.64 Å². The van der Waals surface area contributed by atoms with E-state index in [0.29, 0.717) is 6.42 Å². The Morgan fingerprint density at radius 2 is 1.73 bits per heavy atom. The van der Waals surface area contributed by atoms with Crippen LogP contribution >= 0.6 is 0 Å². The molecule has 1 aliphatic carbocycles. The molecule has 5 nitrogen and oxygen atoms in total. The molecule has 0 radical (unpaired) electrons. The maximum absolute atomic E-state index is 13.7. The van der Waals surface area contributed by atoms with Crippen molar-refractivity contribution in [1.29, 1.82) is 0 Å². The van der Waals surface area contributed by atoms with E-state index >= 15 is 0 Å². The van der Waals surface area contributed by atoms with Crippen LogP contribution in [0.15, 0.2) is 60.7 Å². The Bertz CT molecular complexity index is 1390. The molecule has 0 spiro atoms. The van der Waals surface area contributed by atoms with Gasteiger partial charge in [-0.15, -0.1) is 8.78 Å². The van der Waals surface area contributed by atoms with Gasteiger partial charge in [-0.1, -0.05) is 31.7 Å². The summed E-state index contributed by atoms with van der Waals surface area (Å²) in [6.45, 7) is 2.14. The highest BCUT2D eigenvalue weighted by Crippen LogP contribution is 2.46. The molecule has 0 unspecified atom stereocenters. The van der Waals surface area contributed by atoms with E-state index in [-0.39, 0.29) is 37.5 Å². The summed E-state index contributed by atoms with van der Waals surface area (Å²) >= 11 is 0. The first kappa shape index (κ1) is 27.9. The van der Waals surface area contributed by atoms with Gasteiger partial charge in [0, 0.05) is 19.6 Å². The minimum Gasteiger partial charge on any atom is -0.508 e. The Hall–Kier alpha value is -3.65. The number of hydrogen-bond donors (Lipinski definition) is 1. The van der Waals surface area contributed by atoms with Crippen LogP contribution in [0.4, 0.5) is 13.2 Å². The van der Waals surface area contributed by atoms with Crippen molar-refractivity contribution in [3.05, 3.63) is 82.9 Å². The van der Waals surface area contributed by atoms with Gasteiger partial charge in [0.1, 0.15) is 17.6 Å². The third kappa shape index (κ3) is 5.77. The lowest BCUT2D eigenvalue weighted by atomic mass is 9.87. The summed E-state index contributed by atoms with van der Waals surface area (Å²) in [4.78, 5) is 2.23. The Labute approximate surface area is 232 Å². The molecule has 0 bridgehead atoms. The fraction of sp³-hybridized carbons (Fsp3) is 0.375. The van der Waals surface area contributed by atoms with E-state index in [1.165, 1.54) is 6.07 Å². The van der Waals surface area contributed by atoms with Gasteiger partial charge in [0.25, 0.3) is 0 Å². The SMILES string of the molecule is C.Oc1ccc2c(c1)CCCC(c1ccc3c(c1)OC(F)(F)O3)=C2c1ccc(O[C@H]2CCN(CCCF)C2)cc1. The molecular weight excluding hydrogens is 519 g/mol. The zero-order chi connectivity index (χ0) is 27.0. The number of nitrogens with zero attached hydrogens (tertiary/aromatic N) is 1. The number of halogens is 3. The molecule has 2 heterocycles. The molecule has 1 saturated heterocycles. The third-order valence-corrected chi connectivity index (χ3v) is 7.57. The summed E-state index contributed by atoms with van der Waals surface area (Å²) in [6, 6.07) is 18.3. The number of alkyl halides is 3. The second kappa shape index (κ2) is 11.5. The zero-order valence-corrected chi connectivity index (χ0v) is 21.5. The molecule has 1 N–H and O–H groups in total. The first-order chi connectivity index (χ1) is 18.9.